The summed E-state index contributed by atoms with van der Waals surface area (Å²) in [7, 11) is 0. The Morgan fingerprint density at radius 1 is 0.593 bits per heavy atom. The number of halogens is 1. The fourth-order valence-corrected chi connectivity index (χ4v) is 3.78. The minimum Gasteiger partial charge on any atom is -0.343 e. The second-order valence-corrected chi connectivity index (χ2v) is 8.50. The van der Waals surface area contributed by atoms with E-state index in [0.717, 1.165) is 32.4 Å². The van der Waals surface area contributed by atoms with Crippen molar-refractivity contribution in [2.75, 3.05) is 19.0 Å². The van der Waals surface area contributed by atoms with Crippen molar-refractivity contribution in [3.63, 3.8) is 0 Å². The lowest BCUT2D eigenvalue weighted by Crippen LogP contribution is -2.32. The molecule has 0 aromatic rings. The van der Waals surface area contributed by atoms with Gasteiger partial charge >= 0.3 is 0 Å². The quantitative estimate of drug-likeness (QED) is 0.140. The van der Waals surface area contributed by atoms with E-state index in [-0.39, 0.29) is 0 Å². The van der Waals surface area contributed by atoms with Gasteiger partial charge in [-0.2, -0.15) is 0 Å². The maximum absolute atomic E-state index is 12.6. The summed E-state index contributed by atoms with van der Waals surface area (Å²) in [5.74, 6) is 1.09. The van der Waals surface area contributed by atoms with E-state index in [1.165, 1.54) is 89.9 Å². The molecule has 0 heterocycles. The summed E-state index contributed by atoms with van der Waals surface area (Å²) in [6.45, 7) is 6.47. The number of amides is 1. The van der Waals surface area contributed by atoms with E-state index in [2.05, 4.69) is 18.7 Å². The fraction of sp³-hybridized carbons (Fsp3) is 0.958. The average Bonchev–Trinajstić information content (AvgIpc) is 2.68. The van der Waals surface area contributed by atoms with Crippen LogP contribution < -0.4 is 0 Å². The largest absolute Gasteiger partial charge is 0.343 e. The Bertz CT molecular complexity index is 291. The van der Waals surface area contributed by atoms with Gasteiger partial charge < -0.3 is 4.90 Å². The van der Waals surface area contributed by atoms with Crippen molar-refractivity contribution >= 4 is 17.5 Å². The molecule has 3 heteroatoms. The molecule has 0 bridgehead atoms. The molecule has 0 atom stereocenters. The Kier molecular flexibility index (Phi) is 21.9. The SMILES string of the molecule is CCCCCCCCCN(CCCCCCCCC)C(=O)CCCCCCl. The van der Waals surface area contributed by atoms with Crippen LogP contribution in [0.25, 0.3) is 0 Å². The number of rotatable bonds is 21. The highest BCUT2D eigenvalue weighted by Crippen LogP contribution is 2.12. The maximum atomic E-state index is 12.6. The van der Waals surface area contributed by atoms with Gasteiger partial charge in [-0.1, -0.05) is 97.3 Å². The summed E-state index contributed by atoms with van der Waals surface area (Å²) in [5, 5.41) is 0. The molecule has 0 aliphatic rings. The molecule has 0 saturated heterocycles. The third-order valence-corrected chi connectivity index (χ3v) is 5.71. The van der Waals surface area contributed by atoms with Gasteiger partial charge in [0.05, 0.1) is 0 Å². The second-order valence-electron chi connectivity index (χ2n) is 8.12. The van der Waals surface area contributed by atoms with Crippen molar-refractivity contribution in [1.29, 1.82) is 0 Å². The predicted molar refractivity (Wildman–Crippen MR) is 122 cm³/mol. The van der Waals surface area contributed by atoms with Crippen LogP contribution in [0.15, 0.2) is 0 Å². The summed E-state index contributed by atoms with van der Waals surface area (Å²) in [6, 6.07) is 0. The first kappa shape index (κ1) is 26.8. The molecule has 0 fully saturated rings. The van der Waals surface area contributed by atoms with E-state index >= 15 is 0 Å². The minimum atomic E-state index is 0.376. The van der Waals surface area contributed by atoms with Crippen LogP contribution in [0.4, 0.5) is 0 Å². The van der Waals surface area contributed by atoms with Crippen LogP contribution in [0, 0.1) is 0 Å². The predicted octanol–water partition coefficient (Wildman–Crippen LogP) is 8.12. The van der Waals surface area contributed by atoms with Gasteiger partial charge in [0.15, 0.2) is 0 Å². The Balaban J connectivity index is 3.99. The lowest BCUT2D eigenvalue weighted by Gasteiger charge is -2.23. The first-order valence-corrected chi connectivity index (χ1v) is 12.6. The summed E-state index contributed by atoms with van der Waals surface area (Å²) in [5.41, 5.74) is 0. The van der Waals surface area contributed by atoms with Crippen LogP contribution in [0.3, 0.4) is 0 Å². The third kappa shape index (κ3) is 18.9. The molecule has 0 saturated carbocycles. The molecule has 162 valence electrons. The Hall–Kier alpha value is -0.240. The molecule has 0 aliphatic heterocycles. The molecule has 0 aromatic heterocycles. The standard InChI is InChI=1S/C24H48ClNO/c1-3-5-7-9-11-13-18-22-26(24(27)20-16-15-17-21-25)23-19-14-12-10-8-6-4-2/h3-23H2,1-2H3. The lowest BCUT2D eigenvalue weighted by atomic mass is 10.1. The van der Waals surface area contributed by atoms with E-state index in [9.17, 15) is 4.79 Å². The summed E-state index contributed by atoms with van der Waals surface area (Å²) >= 11 is 5.74. The van der Waals surface area contributed by atoms with Crippen molar-refractivity contribution in [2.24, 2.45) is 0 Å². The highest BCUT2D eigenvalue weighted by atomic mass is 35.5. The van der Waals surface area contributed by atoms with Gasteiger partial charge in [-0.15, -0.1) is 11.6 Å². The highest BCUT2D eigenvalue weighted by Gasteiger charge is 2.12. The smallest absolute Gasteiger partial charge is 0.222 e. The van der Waals surface area contributed by atoms with Crippen molar-refractivity contribution in [1.82, 2.24) is 4.90 Å². The number of carbonyl (C=O) groups excluding carboxylic acids is 1. The summed E-state index contributed by atoms with van der Waals surface area (Å²) in [6.07, 6.45) is 22.2. The first-order chi connectivity index (χ1) is 13.3. The third-order valence-electron chi connectivity index (χ3n) is 5.44. The van der Waals surface area contributed by atoms with E-state index in [4.69, 9.17) is 11.6 Å². The number of unbranched alkanes of at least 4 members (excludes halogenated alkanes) is 14. The van der Waals surface area contributed by atoms with Gasteiger partial charge in [0.2, 0.25) is 5.91 Å². The highest BCUT2D eigenvalue weighted by molar-refractivity contribution is 6.17. The van der Waals surface area contributed by atoms with Gasteiger partial charge in [0, 0.05) is 25.4 Å². The van der Waals surface area contributed by atoms with Gasteiger partial charge in [0.25, 0.3) is 0 Å². The normalized spacial score (nSPS) is 11.1. The van der Waals surface area contributed by atoms with Crippen LogP contribution in [0.5, 0.6) is 0 Å². The number of carbonyl (C=O) groups is 1. The van der Waals surface area contributed by atoms with Gasteiger partial charge in [-0.25, -0.2) is 0 Å². The van der Waals surface area contributed by atoms with Crippen LogP contribution >= 0.6 is 11.6 Å². The molecule has 0 aromatic carbocycles. The number of hydrogen-bond donors (Lipinski definition) is 0. The zero-order valence-electron chi connectivity index (χ0n) is 18.6. The Morgan fingerprint density at radius 3 is 1.44 bits per heavy atom. The van der Waals surface area contributed by atoms with Crippen molar-refractivity contribution in [3.05, 3.63) is 0 Å². The molecule has 1 amide bonds. The molecule has 27 heavy (non-hydrogen) atoms. The number of nitrogens with zero attached hydrogens (tertiary/aromatic N) is 1. The second kappa shape index (κ2) is 22.1. The van der Waals surface area contributed by atoms with Crippen molar-refractivity contribution in [2.45, 2.75) is 129 Å². The van der Waals surface area contributed by atoms with E-state index in [1.807, 2.05) is 0 Å². The number of hydrogen-bond acceptors (Lipinski definition) is 1. The topological polar surface area (TPSA) is 20.3 Å². The minimum absolute atomic E-state index is 0.376. The maximum Gasteiger partial charge on any atom is 0.222 e. The molecular weight excluding hydrogens is 354 g/mol. The van der Waals surface area contributed by atoms with Crippen molar-refractivity contribution in [3.8, 4) is 0 Å². The van der Waals surface area contributed by atoms with Gasteiger partial charge in [0.1, 0.15) is 0 Å². The molecular formula is C24H48ClNO. The Morgan fingerprint density at radius 2 is 1.00 bits per heavy atom. The molecule has 0 unspecified atom stereocenters. The molecule has 0 radical (unpaired) electrons. The molecule has 2 nitrogen and oxygen atoms in total. The zero-order chi connectivity index (χ0) is 20.0. The van der Waals surface area contributed by atoms with Gasteiger partial charge in [-0.3, -0.25) is 4.79 Å². The van der Waals surface area contributed by atoms with Crippen molar-refractivity contribution < 1.29 is 4.79 Å². The molecule has 0 aliphatic carbocycles. The summed E-state index contributed by atoms with van der Waals surface area (Å²) in [4.78, 5) is 14.8. The van der Waals surface area contributed by atoms with Gasteiger partial charge in [-0.05, 0) is 25.7 Å². The van der Waals surface area contributed by atoms with E-state index < -0.39 is 0 Å². The van der Waals surface area contributed by atoms with Crippen LogP contribution in [0.2, 0.25) is 0 Å². The van der Waals surface area contributed by atoms with Crippen LogP contribution in [-0.4, -0.2) is 29.8 Å². The molecule has 0 spiro atoms. The van der Waals surface area contributed by atoms with E-state index in [0.29, 0.717) is 18.2 Å². The molecule has 0 N–H and O–H groups in total. The lowest BCUT2D eigenvalue weighted by molar-refractivity contribution is -0.131. The van der Waals surface area contributed by atoms with Crippen LogP contribution in [-0.2, 0) is 4.79 Å². The monoisotopic (exact) mass is 401 g/mol. The first-order valence-electron chi connectivity index (χ1n) is 12.1. The fourth-order valence-electron chi connectivity index (χ4n) is 3.59. The van der Waals surface area contributed by atoms with Crippen LogP contribution in [0.1, 0.15) is 129 Å². The molecule has 0 rings (SSSR count). The van der Waals surface area contributed by atoms with E-state index in [1.54, 1.807) is 0 Å². The Labute approximate surface area is 175 Å². The average molecular weight is 402 g/mol. The zero-order valence-corrected chi connectivity index (χ0v) is 19.3. The summed E-state index contributed by atoms with van der Waals surface area (Å²) < 4.78 is 0. The number of alkyl halides is 1.